The van der Waals surface area contributed by atoms with Crippen LogP contribution in [0.3, 0.4) is 0 Å². The van der Waals surface area contributed by atoms with Crippen LogP contribution in [-0.4, -0.2) is 22.0 Å². The lowest BCUT2D eigenvalue weighted by Gasteiger charge is -2.05. The number of aromatic carboxylic acids is 1. The molecule has 0 aromatic carbocycles. The number of rotatable bonds is 3. The van der Waals surface area contributed by atoms with Gasteiger partial charge in [0.05, 0.1) is 16.3 Å². The summed E-state index contributed by atoms with van der Waals surface area (Å²) in [5.74, 6) is -1.55. The summed E-state index contributed by atoms with van der Waals surface area (Å²) in [5.41, 5.74) is 0.500. The number of carboxylic acids is 1. The minimum Gasteiger partial charge on any atom is -0.477 e. The highest BCUT2D eigenvalue weighted by molar-refractivity contribution is 7.12. The number of hydrogen-bond donors (Lipinski definition) is 2. The highest BCUT2D eigenvalue weighted by Gasteiger charge is 2.16. The van der Waals surface area contributed by atoms with Crippen LogP contribution in [0, 0.1) is 0 Å². The van der Waals surface area contributed by atoms with Gasteiger partial charge in [0.15, 0.2) is 0 Å². The van der Waals surface area contributed by atoms with Gasteiger partial charge in [0.25, 0.3) is 5.91 Å². The van der Waals surface area contributed by atoms with E-state index in [1.165, 1.54) is 24.5 Å². The Morgan fingerprint density at radius 2 is 2.17 bits per heavy atom. The molecule has 0 spiro atoms. The number of amides is 1. The maximum atomic E-state index is 11.9. The Bertz CT molecular complexity index is 612. The van der Waals surface area contributed by atoms with Gasteiger partial charge in [-0.2, -0.15) is 0 Å². The third-order valence-electron chi connectivity index (χ3n) is 2.12. The number of pyridine rings is 1. The SMILES string of the molecule is O=C(Nc1ccsc1C(=O)O)c1ccncc1Cl. The molecule has 0 bridgehead atoms. The number of nitrogens with zero attached hydrogens (tertiary/aromatic N) is 1. The summed E-state index contributed by atoms with van der Waals surface area (Å²) >= 11 is 6.86. The predicted molar refractivity (Wildman–Crippen MR) is 68.5 cm³/mol. The molecule has 7 heteroatoms. The molecule has 5 nitrogen and oxygen atoms in total. The second kappa shape index (κ2) is 5.16. The first-order chi connectivity index (χ1) is 8.59. The van der Waals surface area contributed by atoms with E-state index in [4.69, 9.17) is 16.7 Å². The van der Waals surface area contributed by atoms with Crippen LogP contribution in [-0.2, 0) is 0 Å². The molecule has 0 atom stereocenters. The van der Waals surface area contributed by atoms with Crippen LogP contribution in [0.2, 0.25) is 5.02 Å². The molecule has 2 aromatic rings. The van der Waals surface area contributed by atoms with E-state index in [1.807, 2.05) is 0 Å². The van der Waals surface area contributed by atoms with Crippen LogP contribution in [0.4, 0.5) is 5.69 Å². The first-order valence-corrected chi connectivity index (χ1v) is 6.07. The molecule has 0 radical (unpaired) electrons. The summed E-state index contributed by atoms with van der Waals surface area (Å²) in [4.78, 5) is 26.6. The standard InChI is InChI=1S/C11H7ClN2O3S/c12-7-5-13-3-1-6(7)10(15)14-8-2-4-18-9(8)11(16)17/h1-5H,(H,14,15)(H,16,17). The second-order valence-electron chi connectivity index (χ2n) is 3.28. The average molecular weight is 283 g/mol. The highest BCUT2D eigenvalue weighted by Crippen LogP contribution is 2.23. The topological polar surface area (TPSA) is 79.3 Å². The molecule has 0 saturated carbocycles. The lowest BCUT2D eigenvalue weighted by atomic mass is 10.2. The quantitative estimate of drug-likeness (QED) is 0.907. The van der Waals surface area contributed by atoms with Gasteiger partial charge in [-0.05, 0) is 17.5 Å². The third-order valence-corrected chi connectivity index (χ3v) is 3.33. The van der Waals surface area contributed by atoms with E-state index in [2.05, 4.69) is 10.3 Å². The fourth-order valence-electron chi connectivity index (χ4n) is 1.32. The van der Waals surface area contributed by atoms with Crippen molar-refractivity contribution in [1.82, 2.24) is 4.98 Å². The van der Waals surface area contributed by atoms with Gasteiger partial charge in [0.1, 0.15) is 4.88 Å². The largest absolute Gasteiger partial charge is 0.477 e. The summed E-state index contributed by atoms with van der Waals surface area (Å²) < 4.78 is 0. The number of aromatic nitrogens is 1. The highest BCUT2D eigenvalue weighted by atomic mass is 35.5. The number of carbonyl (C=O) groups is 2. The molecule has 0 aliphatic heterocycles. The number of halogens is 1. The summed E-state index contributed by atoms with van der Waals surface area (Å²) in [5, 5.41) is 13.2. The van der Waals surface area contributed by atoms with Crippen LogP contribution >= 0.6 is 22.9 Å². The fourth-order valence-corrected chi connectivity index (χ4v) is 2.21. The minimum atomic E-state index is -1.08. The molecular weight excluding hydrogens is 276 g/mol. The molecule has 0 aliphatic carbocycles. The molecule has 0 unspecified atom stereocenters. The van der Waals surface area contributed by atoms with E-state index in [-0.39, 0.29) is 21.2 Å². The van der Waals surface area contributed by atoms with Gasteiger partial charge >= 0.3 is 5.97 Å². The normalized spacial score (nSPS) is 10.1. The van der Waals surface area contributed by atoms with Crippen molar-refractivity contribution < 1.29 is 14.7 Å². The maximum absolute atomic E-state index is 11.9. The Morgan fingerprint density at radius 1 is 1.39 bits per heavy atom. The minimum absolute atomic E-state index is 0.0773. The molecular formula is C11H7ClN2O3S. The van der Waals surface area contributed by atoms with Gasteiger partial charge in [0, 0.05) is 12.4 Å². The lowest BCUT2D eigenvalue weighted by molar-refractivity contribution is 0.0703. The van der Waals surface area contributed by atoms with Crippen molar-refractivity contribution in [2.24, 2.45) is 0 Å². The van der Waals surface area contributed by atoms with Crippen LogP contribution in [0.25, 0.3) is 0 Å². The fraction of sp³-hybridized carbons (Fsp3) is 0. The molecule has 2 heterocycles. The van der Waals surface area contributed by atoms with Crippen LogP contribution in [0.1, 0.15) is 20.0 Å². The Kier molecular flexibility index (Phi) is 3.59. The molecule has 0 aliphatic rings. The van der Waals surface area contributed by atoms with Gasteiger partial charge in [-0.15, -0.1) is 11.3 Å². The van der Waals surface area contributed by atoms with E-state index < -0.39 is 11.9 Å². The maximum Gasteiger partial charge on any atom is 0.348 e. The number of carboxylic acid groups (broad SMARTS) is 1. The van der Waals surface area contributed by atoms with E-state index in [0.717, 1.165) is 11.3 Å². The monoisotopic (exact) mass is 282 g/mol. The third kappa shape index (κ3) is 2.49. The Morgan fingerprint density at radius 3 is 2.83 bits per heavy atom. The molecule has 0 fully saturated rings. The van der Waals surface area contributed by atoms with E-state index in [0.29, 0.717) is 0 Å². The molecule has 2 rings (SSSR count). The van der Waals surface area contributed by atoms with Crippen LogP contribution < -0.4 is 5.32 Å². The smallest absolute Gasteiger partial charge is 0.348 e. The molecule has 2 N–H and O–H groups in total. The van der Waals surface area contributed by atoms with E-state index >= 15 is 0 Å². The summed E-state index contributed by atoms with van der Waals surface area (Å²) in [6, 6.07) is 2.99. The van der Waals surface area contributed by atoms with Crippen molar-refractivity contribution in [3.63, 3.8) is 0 Å². The van der Waals surface area contributed by atoms with Crippen molar-refractivity contribution >= 4 is 40.5 Å². The average Bonchev–Trinajstić information content (AvgIpc) is 2.77. The number of hydrogen-bond acceptors (Lipinski definition) is 4. The van der Waals surface area contributed by atoms with Crippen LogP contribution in [0.5, 0.6) is 0 Å². The zero-order valence-corrected chi connectivity index (χ0v) is 10.5. The number of thiophene rings is 1. The zero-order chi connectivity index (χ0) is 13.1. The zero-order valence-electron chi connectivity index (χ0n) is 8.88. The number of carbonyl (C=O) groups excluding carboxylic acids is 1. The first-order valence-electron chi connectivity index (χ1n) is 4.81. The van der Waals surface area contributed by atoms with Crippen molar-refractivity contribution in [1.29, 1.82) is 0 Å². The Balaban J connectivity index is 2.25. The molecule has 92 valence electrons. The summed E-state index contributed by atoms with van der Waals surface area (Å²) in [7, 11) is 0. The van der Waals surface area contributed by atoms with Gasteiger partial charge in [-0.1, -0.05) is 11.6 Å². The summed E-state index contributed by atoms with van der Waals surface area (Å²) in [6.07, 6.45) is 2.79. The van der Waals surface area contributed by atoms with Gasteiger partial charge in [-0.25, -0.2) is 4.79 Å². The van der Waals surface area contributed by atoms with Gasteiger partial charge in [-0.3, -0.25) is 9.78 Å². The first kappa shape index (κ1) is 12.5. The van der Waals surface area contributed by atoms with Crippen molar-refractivity contribution in [2.45, 2.75) is 0 Å². The molecule has 18 heavy (non-hydrogen) atoms. The number of anilines is 1. The molecule has 2 aromatic heterocycles. The van der Waals surface area contributed by atoms with E-state index in [9.17, 15) is 9.59 Å². The van der Waals surface area contributed by atoms with E-state index in [1.54, 1.807) is 5.38 Å². The van der Waals surface area contributed by atoms with Crippen molar-refractivity contribution in [3.8, 4) is 0 Å². The van der Waals surface area contributed by atoms with Crippen molar-refractivity contribution in [2.75, 3.05) is 5.32 Å². The van der Waals surface area contributed by atoms with Crippen LogP contribution in [0.15, 0.2) is 29.9 Å². The molecule has 0 saturated heterocycles. The predicted octanol–water partition coefficient (Wildman–Crippen LogP) is 2.75. The Hall–Kier alpha value is -1.92. The van der Waals surface area contributed by atoms with Crippen molar-refractivity contribution in [3.05, 3.63) is 45.4 Å². The Labute approximate surface area is 111 Å². The summed E-state index contributed by atoms with van der Waals surface area (Å²) in [6.45, 7) is 0. The second-order valence-corrected chi connectivity index (χ2v) is 4.60. The molecule has 1 amide bonds. The lowest BCUT2D eigenvalue weighted by Crippen LogP contribution is -2.14. The number of nitrogens with one attached hydrogen (secondary N) is 1. The van der Waals surface area contributed by atoms with Gasteiger partial charge in [0.2, 0.25) is 0 Å². The van der Waals surface area contributed by atoms with Gasteiger partial charge < -0.3 is 10.4 Å².